The van der Waals surface area contributed by atoms with E-state index < -0.39 is 0 Å². The van der Waals surface area contributed by atoms with Crippen molar-refractivity contribution in [2.75, 3.05) is 13.2 Å². The summed E-state index contributed by atoms with van der Waals surface area (Å²) in [5.74, 6) is 1.54. The fraction of sp³-hybridized carbons (Fsp3) is 0.478. The number of halogens is 2. The Kier molecular flexibility index (Phi) is 8.13. The van der Waals surface area contributed by atoms with Gasteiger partial charge in [-0.1, -0.05) is 39.5 Å². The van der Waals surface area contributed by atoms with Gasteiger partial charge in [0, 0.05) is 25.9 Å². The molecule has 0 fully saturated rings. The van der Waals surface area contributed by atoms with Crippen LogP contribution >= 0.6 is 31.9 Å². The Balaban J connectivity index is 2.18. The molecule has 29 heavy (non-hydrogen) atoms. The highest BCUT2D eigenvalue weighted by molar-refractivity contribution is 9.10. The Bertz CT molecular complexity index is 992. The van der Waals surface area contributed by atoms with Gasteiger partial charge in [0.2, 0.25) is 0 Å². The minimum absolute atomic E-state index is 0.659. The van der Waals surface area contributed by atoms with Crippen molar-refractivity contribution in [2.45, 2.75) is 59.3 Å². The second kappa shape index (κ2) is 10.6. The molecule has 2 heterocycles. The molecule has 0 aliphatic carbocycles. The van der Waals surface area contributed by atoms with Crippen LogP contribution in [0.4, 0.5) is 0 Å². The summed E-state index contributed by atoms with van der Waals surface area (Å²) in [5, 5.41) is 1.87. The summed E-state index contributed by atoms with van der Waals surface area (Å²) in [6, 6.07) is 4.13. The van der Waals surface area contributed by atoms with Gasteiger partial charge in [-0.2, -0.15) is 0 Å². The SMILES string of the molecule is CCCCCOc1c(OCCCCC)c2cc(Br)c(C)nc2c2ncc(Br)cc12. The summed E-state index contributed by atoms with van der Waals surface area (Å²) < 4.78 is 14.5. The smallest absolute Gasteiger partial charge is 0.171 e. The van der Waals surface area contributed by atoms with E-state index in [1.807, 2.05) is 13.1 Å². The maximum absolute atomic E-state index is 6.32. The van der Waals surface area contributed by atoms with E-state index in [2.05, 4.69) is 62.8 Å². The second-order valence-electron chi connectivity index (χ2n) is 7.27. The summed E-state index contributed by atoms with van der Waals surface area (Å²) in [5.41, 5.74) is 2.61. The van der Waals surface area contributed by atoms with Crippen LogP contribution in [0, 0.1) is 6.92 Å². The Morgan fingerprint density at radius 2 is 1.41 bits per heavy atom. The molecule has 156 valence electrons. The van der Waals surface area contributed by atoms with E-state index in [9.17, 15) is 0 Å². The van der Waals surface area contributed by atoms with Crippen molar-refractivity contribution in [3.8, 4) is 11.5 Å². The zero-order valence-electron chi connectivity index (χ0n) is 17.4. The van der Waals surface area contributed by atoms with Crippen LogP contribution in [0.2, 0.25) is 0 Å². The lowest BCUT2D eigenvalue weighted by molar-refractivity contribution is 0.265. The Morgan fingerprint density at radius 1 is 0.828 bits per heavy atom. The summed E-state index contributed by atoms with van der Waals surface area (Å²) in [6.45, 7) is 7.70. The zero-order valence-corrected chi connectivity index (χ0v) is 20.5. The largest absolute Gasteiger partial charge is 0.489 e. The Hall–Kier alpha value is -1.40. The highest BCUT2D eigenvalue weighted by Gasteiger charge is 2.20. The molecule has 2 aromatic heterocycles. The summed E-state index contributed by atoms with van der Waals surface area (Å²) in [4.78, 5) is 9.50. The number of aromatic nitrogens is 2. The van der Waals surface area contributed by atoms with Crippen LogP contribution in [0.25, 0.3) is 21.8 Å². The fourth-order valence-electron chi connectivity index (χ4n) is 3.32. The molecule has 0 aliphatic rings. The molecule has 0 bridgehead atoms. The molecule has 4 nitrogen and oxygen atoms in total. The Labute approximate surface area is 189 Å². The van der Waals surface area contributed by atoms with E-state index in [0.29, 0.717) is 13.2 Å². The Morgan fingerprint density at radius 3 is 2.00 bits per heavy atom. The first-order valence-corrected chi connectivity index (χ1v) is 12.0. The average molecular weight is 524 g/mol. The van der Waals surface area contributed by atoms with Crippen LogP contribution in [0.5, 0.6) is 11.5 Å². The summed E-state index contributed by atoms with van der Waals surface area (Å²) in [6.07, 6.45) is 8.45. The molecule has 0 radical (unpaired) electrons. The number of hydrogen-bond acceptors (Lipinski definition) is 4. The molecule has 3 aromatic rings. The van der Waals surface area contributed by atoms with E-state index >= 15 is 0 Å². The lowest BCUT2D eigenvalue weighted by Gasteiger charge is -2.18. The predicted molar refractivity (Wildman–Crippen MR) is 127 cm³/mol. The van der Waals surface area contributed by atoms with Crippen LogP contribution in [0.1, 0.15) is 58.1 Å². The monoisotopic (exact) mass is 522 g/mol. The molecule has 0 saturated heterocycles. The van der Waals surface area contributed by atoms with Gasteiger partial charge in [-0.25, -0.2) is 4.98 Å². The predicted octanol–water partition coefficient (Wildman–Crippen LogP) is 7.75. The molecule has 0 aliphatic heterocycles. The summed E-state index contributed by atoms with van der Waals surface area (Å²) in [7, 11) is 0. The van der Waals surface area contributed by atoms with E-state index in [-0.39, 0.29) is 0 Å². The van der Waals surface area contributed by atoms with Crippen LogP contribution in [0.15, 0.2) is 27.3 Å². The molecule has 0 amide bonds. The lowest BCUT2D eigenvalue weighted by Crippen LogP contribution is -2.05. The van der Waals surface area contributed by atoms with Gasteiger partial charge in [-0.05, 0) is 63.8 Å². The molecule has 6 heteroatoms. The number of nitrogens with zero attached hydrogens (tertiary/aromatic N) is 2. The third kappa shape index (κ3) is 5.21. The maximum atomic E-state index is 6.32. The molecule has 1 aromatic carbocycles. The van der Waals surface area contributed by atoms with Gasteiger partial charge in [-0.3, -0.25) is 4.98 Å². The normalized spacial score (nSPS) is 11.3. The molecular formula is C23H28Br2N2O2. The van der Waals surface area contributed by atoms with E-state index in [1.165, 1.54) is 0 Å². The number of benzene rings is 1. The first-order valence-electron chi connectivity index (χ1n) is 10.4. The third-order valence-corrected chi connectivity index (χ3v) is 6.15. The van der Waals surface area contributed by atoms with E-state index in [4.69, 9.17) is 14.5 Å². The van der Waals surface area contributed by atoms with Crippen LogP contribution in [0.3, 0.4) is 0 Å². The highest BCUT2D eigenvalue weighted by Crippen LogP contribution is 2.44. The minimum atomic E-state index is 0.659. The second-order valence-corrected chi connectivity index (χ2v) is 9.04. The van der Waals surface area contributed by atoms with Gasteiger partial charge in [0.05, 0.1) is 18.9 Å². The number of pyridine rings is 2. The van der Waals surface area contributed by atoms with Crippen LogP contribution in [-0.2, 0) is 0 Å². The maximum Gasteiger partial charge on any atom is 0.171 e. The molecule has 3 rings (SSSR count). The number of fused-ring (bicyclic) bond motifs is 3. The first-order chi connectivity index (χ1) is 14.1. The van der Waals surface area contributed by atoms with Crippen LogP contribution < -0.4 is 9.47 Å². The van der Waals surface area contributed by atoms with E-state index in [1.54, 1.807) is 0 Å². The summed E-state index contributed by atoms with van der Waals surface area (Å²) >= 11 is 7.19. The van der Waals surface area contributed by atoms with Gasteiger partial charge in [0.1, 0.15) is 11.0 Å². The number of unbranched alkanes of at least 4 members (excludes halogenated alkanes) is 4. The van der Waals surface area contributed by atoms with Crippen molar-refractivity contribution in [3.05, 3.63) is 33.0 Å². The van der Waals surface area contributed by atoms with Crippen LogP contribution in [-0.4, -0.2) is 23.2 Å². The van der Waals surface area contributed by atoms with Gasteiger partial charge >= 0.3 is 0 Å². The van der Waals surface area contributed by atoms with E-state index in [0.717, 1.165) is 86.5 Å². The molecule has 0 saturated carbocycles. The lowest BCUT2D eigenvalue weighted by atomic mass is 10.1. The van der Waals surface area contributed by atoms with Crippen molar-refractivity contribution in [1.82, 2.24) is 9.97 Å². The number of hydrogen-bond donors (Lipinski definition) is 0. The molecular weight excluding hydrogens is 496 g/mol. The topological polar surface area (TPSA) is 44.2 Å². The first kappa shape index (κ1) is 22.3. The number of aryl methyl sites for hydroxylation is 1. The van der Waals surface area contributed by atoms with Crippen molar-refractivity contribution >= 4 is 53.7 Å². The average Bonchev–Trinajstić information content (AvgIpc) is 2.70. The molecule has 0 unspecified atom stereocenters. The quantitative estimate of drug-likeness (QED) is 0.201. The molecule has 0 N–H and O–H groups in total. The highest BCUT2D eigenvalue weighted by atomic mass is 79.9. The molecule has 0 atom stereocenters. The standard InChI is InChI=1S/C23H28Br2N2O2/c1-4-6-8-10-28-22-17-12-16(24)14-26-20(17)21-18(13-19(25)15(3)27-21)23(22)29-11-9-7-5-2/h12-14H,4-11H2,1-3H3. The van der Waals surface area contributed by atoms with Gasteiger partial charge in [-0.15, -0.1) is 0 Å². The minimum Gasteiger partial charge on any atom is -0.489 e. The van der Waals surface area contributed by atoms with Gasteiger partial charge in [0.25, 0.3) is 0 Å². The van der Waals surface area contributed by atoms with Gasteiger partial charge in [0.15, 0.2) is 11.5 Å². The molecule has 0 spiro atoms. The number of ether oxygens (including phenoxy) is 2. The van der Waals surface area contributed by atoms with Gasteiger partial charge < -0.3 is 9.47 Å². The van der Waals surface area contributed by atoms with Crippen molar-refractivity contribution in [3.63, 3.8) is 0 Å². The zero-order chi connectivity index (χ0) is 20.8. The fourth-order valence-corrected chi connectivity index (χ4v) is 3.97. The number of rotatable bonds is 10. The van der Waals surface area contributed by atoms with Crippen molar-refractivity contribution < 1.29 is 9.47 Å². The van der Waals surface area contributed by atoms with Crippen molar-refractivity contribution in [1.29, 1.82) is 0 Å². The van der Waals surface area contributed by atoms with Crippen molar-refractivity contribution in [2.24, 2.45) is 0 Å². The third-order valence-electron chi connectivity index (χ3n) is 4.91.